The van der Waals surface area contributed by atoms with Crippen LogP contribution in [0.1, 0.15) is 110 Å². The molecule has 0 spiro atoms. The summed E-state index contributed by atoms with van der Waals surface area (Å²) in [5.41, 5.74) is 2.69. The van der Waals surface area contributed by atoms with E-state index in [9.17, 15) is 14.7 Å². The fourth-order valence-electron chi connectivity index (χ4n) is 9.09. The minimum Gasteiger partial charge on any atom is -0.497 e. The molecule has 4 aliphatic rings. The normalized spacial score (nSPS) is 25.8. The molecule has 2 aromatic rings. The highest BCUT2D eigenvalue weighted by Gasteiger charge is 2.50. The topological polar surface area (TPSA) is 165 Å². The van der Waals surface area contributed by atoms with Gasteiger partial charge in [0.15, 0.2) is 25.2 Å². The van der Waals surface area contributed by atoms with Crippen LogP contribution >= 0.6 is 0 Å². The molecule has 2 aromatic carbocycles. The van der Waals surface area contributed by atoms with Gasteiger partial charge in [0, 0.05) is 42.5 Å². The van der Waals surface area contributed by atoms with Gasteiger partial charge in [0.05, 0.1) is 52.4 Å². The molecule has 8 atom stereocenters. The van der Waals surface area contributed by atoms with E-state index in [0.29, 0.717) is 53.3 Å². The first-order valence-electron chi connectivity index (χ1n) is 24.3. The number of benzene rings is 2. The van der Waals surface area contributed by atoms with E-state index in [1.807, 2.05) is 39.8 Å². The van der Waals surface area contributed by atoms with E-state index < -0.39 is 27.7 Å². The first-order chi connectivity index (χ1) is 31.9. The summed E-state index contributed by atoms with van der Waals surface area (Å²) in [6.07, 6.45) is 3.99. The molecule has 1 N–H and O–H groups in total. The zero-order valence-electron chi connectivity index (χ0n) is 43.6. The van der Waals surface area contributed by atoms with Gasteiger partial charge in [-0.15, -0.1) is 0 Å². The van der Waals surface area contributed by atoms with E-state index in [2.05, 4.69) is 46.2 Å². The minimum atomic E-state index is -1.35. The summed E-state index contributed by atoms with van der Waals surface area (Å²) in [4.78, 5) is 26.5. The van der Waals surface area contributed by atoms with Crippen LogP contribution in [0.25, 0.3) is 0 Å². The van der Waals surface area contributed by atoms with Crippen LogP contribution < -0.4 is 18.9 Å². The van der Waals surface area contributed by atoms with Crippen molar-refractivity contribution < 1.29 is 71.5 Å². The van der Waals surface area contributed by atoms with Crippen LogP contribution in [0, 0.1) is 11.8 Å². The van der Waals surface area contributed by atoms with Crippen LogP contribution in [-0.2, 0) is 37.9 Å². The van der Waals surface area contributed by atoms with Crippen molar-refractivity contribution in [3.05, 3.63) is 46.5 Å². The van der Waals surface area contributed by atoms with Crippen LogP contribution in [0.4, 0.5) is 0 Å². The average Bonchev–Trinajstić information content (AvgIpc) is 4.16. The van der Waals surface area contributed by atoms with E-state index in [1.54, 1.807) is 33.5 Å². The summed E-state index contributed by atoms with van der Waals surface area (Å²) >= 11 is 0. The van der Waals surface area contributed by atoms with Gasteiger partial charge < -0.3 is 61.9 Å². The molecule has 15 nitrogen and oxygen atoms in total. The molecule has 384 valence electrons. The van der Waals surface area contributed by atoms with E-state index >= 15 is 0 Å². The van der Waals surface area contributed by atoms with E-state index in [-0.39, 0.29) is 74.3 Å². The summed E-state index contributed by atoms with van der Waals surface area (Å²) < 4.78 is 68.4. The fourth-order valence-corrected chi connectivity index (χ4v) is 10.5. The van der Waals surface area contributed by atoms with Crippen molar-refractivity contribution in [1.82, 2.24) is 0 Å². The molecule has 0 radical (unpaired) electrons. The molecule has 0 amide bonds. The number of methoxy groups -OCH3 is 4. The number of aliphatic hydroxyl groups is 1. The van der Waals surface area contributed by atoms with E-state index in [4.69, 9.17) is 56.8 Å². The Morgan fingerprint density at radius 3 is 1.35 bits per heavy atom. The van der Waals surface area contributed by atoms with Gasteiger partial charge in [-0.1, -0.05) is 46.2 Å². The van der Waals surface area contributed by atoms with Crippen molar-refractivity contribution in [3.63, 3.8) is 0 Å². The molecular weight excluding hydrogens is 909 g/mol. The minimum absolute atomic E-state index is 0.0103. The molecule has 2 aliphatic carbocycles. The Hall–Kier alpha value is -3.27. The number of rotatable bonds is 24. The lowest BCUT2D eigenvalue weighted by Crippen LogP contribution is -2.26. The Morgan fingerprint density at radius 2 is 1.00 bits per heavy atom. The molecule has 6 rings (SSSR count). The second-order valence-corrected chi connectivity index (χ2v) is 33.1. The lowest BCUT2D eigenvalue weighted by molar-refractivity contribution is -0.149. The number of esters is 2. The van der Waals surface area contributed by atoms with Crippen molar-refractivity contribution in [2.75, 3.05) is 61.8 Å². The molecule has 0 aromatic heterocycles. The van der Waals surface area contributed by atoms with E-state index in [0.717, 1.165) is 55.3 Å². The zero-order valence-corrected chi connectivity index (χ0v) is 45.6. The van der Waals surface area contributed by atoms with Crippen LogP contribution in [0.3, 0.4) is 0 Å². The van der Waals surface area contributed by atoms with Gasteiger partial charge in [0.1, 0.15) is 40.2 Å². The zero-order chi connectivity index (χ0) is 50.2. The maximum atomic E-state index is 13.3. The predicted molar refractivity (Wildman–Crippen MR) is 264 cm³/mol. The Bertz CT molecular complexity index is 1840. The monoisotopic (exact) mass is 991 g/mol. The van der Waals surface area contributed by atoms with Crippen LogP contribution in [0.15, 0.2) is 24.3 Å². The smallest absolute Gasteiger partial charge is 0.342 e. The van der Waals surface area contributed by atoms with Gasteiger partial charge in [0.2, 0.25) is 0 Å². The van der Waals surface area contributed by atoms with Gasteiger partial charge in [0.25, 0.3) is 0 Å². The number of hydrogen-bond donors (Lipinski definition) is 1. The molecule has 68 heavy (non-hydrogen) atoms. The summed E-state index contributed by atoms with van der Waals surface area (Å²) in [7, 11) is 3.63. The molecule has 2 heterocycles. The van der Waals surface area contributed by atoms with Crippen LogP contribution in [0.5, 0.6) is 23.0 Å². The fraction of sp³-hybridized carbons (Fsp3) is 0.725. The highest BCUT2D eigenvalue weighted by molar-refractivity contribution is 6.76. The maximum absolute atomic E-state index is 13.3. The van der Waals surface area contributed by atoms with Crippen molar-refractivity contribution in [2.24, 2.45) is 11.8 Å². The third kappa shape index (κ3) is 15.9. The second-order valence-electron chi connectivity index (χ2n) is 21.9. The van der Waals surface area contributed by atoms with Gasteiger partial charge in [-0.25, -0.2) is 9.59 Å². The van der Waals surface area contributed by atoms with Crippen LogP contribution in [-0.4, -0.2) is 131 Å². The quantitative estimate of drug-likeness (QED) is 0.0600. The number of carbonyl (C=O) groups is 2. The van der Waals surface area contributed by atoms with Crippen LogP contribution in [0.2, 0.25) is 51.4 Å². The highest BCUT2D eigenvalue weighted by atomic mass is 28.3. The van der Waals surface area contributed by atoms with Crippen molar-refractivity contribution >= 4 is 28.1 Å². The Morgan fingerprint density at radius 1 is 0.618 bits per heavy atom. The molecule has 4 unspecified atom stereocenters. The number of aliphatic hydroxyl groups excluding tert-OH is 1. The molecule has 2 aliphatic heterocycles. The Kier molecular flexibility index (Phi) is 19.5. The standard InChI is InChI=1S/C26H42O7Si.C25H40O8Si/c1-9-21-22(33-26(2,3)32-21)13-17-12-19(17)20-14-18(29-5)15-23(31-16-28-4)24(20)25(27)30-10-11-34(6,7)8;1-25(2)32-20(22(14-26)33-25)11-16-10-18(16)19-12-17(29-4)13-21(31-15-28-3)23(19)24(27)30-8-9-34(5,6)7/h14-15,17,19,21-22H,9-13,16H2,1-8H3;12-13,16,18,20,22,26H,8-11,14-15H2,1-7H3/t17?,19?,21-,22+;16?,18?,20-,22+/m10/s1. The number of hydrogen-bond acceptors (Lipinski definition) is 15. The first kappa shape index (κ1) is 55.7. The predicted octanol–water partition coefficient (Wildman–Crippen LogP) is 9.78. The summed E-state index contributed by atoms with van der Waals surface area (Å²) in [5.74, 6) is 1.11. The lowest BCUT2D eigenvalue weighted by Gasteiger charge is -2.19. The van der Waals surface area contributed by atoms with E-state index in [1.165, 1.54) is 7.11 Å². The van der Waals surface area contributed by atoms with Gasteiger partial charge in [-0.3, -0.25) is 0 Å². The molecule has 2 saturated carbocycles. The SMILES string of the molecule is CC[C@H]1OC(C)(C)O[C@H]1CC1CC1c1cc(OC)cc(OCOC)c1C(=O)OCC[Si](C)(C)C.COCOc1cc(OC)cc(C2CC2C[C@@H]2OC(C)(C)O[C@@H]2CO)c1C(=O)OCC[Si](C)(C)C. The molecular formula is C51H82O15Si2. The summed E-state index contributed by atoms with van der Waals surface area (Å²) in [6, 6.07) is 9.09. The lowest BCUT2D eigenvalue weighted by atomic mass is 9.97. The molecule has 2 saturated heterocycles. The Labute approximate surface area is 407 Å². The largest absolute Gasteiger partial charge is 0.497 e. The third-order valence-electron chi connectivity index (χ3n) is 12.8. The van der Waals surface area contributed by atoms with Gasteiger partial charge in [-0.2, -0.15) is 0 Å². The summed E-state index contributed by atoms with van der Waals surface area (Å²) in [5, 5.41) is 9.72. The third-order valence-corrected chi connectivity index (χ3v) is 16.2. The molecule has 0 bridgehead atoms. The van der Waals surface area contributed by atoms with Crippen molar-refractivity contribution in [1.29, 1.82) is 0 Å². The Balaban J connectivity index is 0.000000254. The summed E-state index contributed by atoms with van der Waals surface area (Å²) in [6.45, 7) is 24.1. The second kappa shape index (κ2) is 23.8. The van der Waals surface area contributed by atoms with Crippen molar-refractivity contribution in [3.8, 4) is 23.0 Å². The molecule has 17 heteroatoms. The van der Waals surface area contributed by atoms with Gasteiger partial charge in [-0.05, 0) is 119 Å². The van der Waals surface area contributed by atoms with Gasteiger partial charge >= 0.3 is 11.9 Å². The maximum Gasteiger partial charge on any atom is 0.342 e. The highest BCUT2D eigenvalue weighted by Crippen LogP contribution is 2.56. The average molecular weight is 991 g/mol. The van der Waals surface area contributed by atoms with Crippen molar-refractivity contribution in [2.45, 2.75) is 166 Å². The molecule has 4 fully saturated rings. The first-order valence-corrected chi connectivity index (χ1v) is 31.7. The number of ether oxygens (including phenoxy) is 12. The number of carbonyl (C=O) groups excluding carboxylic acids is 2.